The van der Waals surface area contributed by atoms with Crippen LogP contribution in [0.15, 0.2) is 30.8 Å². The molecule has 1 fully saturated rings. The van der Waals surface area contributed by atoms with E-state index in [-0.39, 0.29) is 0 Å². The van der Waals surface area contributed by atoms with Gasteiger partial charge >= 0.3 is 0 Å². The summed E-state index contributed by atoms with van der Waals surface area (Å²) in [6, 6.07) is 7.97. The molecule has 0 bridgehead atoms. The molecule has 1 heterocycles. The Bertz CT molecular complexity index is 323. The molecule has 1 saturated heterocycles. The molecule has 0 aliphatic carbocycles. The van der Waals surface area contributed by atoms with Crippen LogP contribution in [0.4, 0.5) is 0 Å². The molecule has 1 atom stereocenters. The molecule has 0 N–H and O–H groups in total. The number of allylic oxidation sites excluding steroid dienone is 1. The van der Waals surface area contributed by atoms with Crippen LogP contribution in [0.1, 0.15) is 12.5 Å². The smallest absolute Gasteiger partial charge is 0.119 e. The van der Waals surface area contributed by atoms with Gasteiger partial charge in [0.25, 0.3) is 0 Å². The van der Waals surface area contributed by atoms with Crippen molar-refractivity contribution in [3.05, 3.63) is 36.4 Å². The fraction of sp³-hybridized carbons (Fsp3) is 0.333. The summed E-state index contributed by atoms with van der Waals surface area (Å²) in [7, 11) is 0. The van der Waals surface area contributed by atoms with E-state index < -0.39 is 0 Å². The van der Waals surface area contributed by atoms with Crippen molar-refractivity contribution in [2.24, 2.45) is 0 Å². The Kier molecular flexibility index (Phi) is 2.55. The lowest BCUT2D eigenvalue weighted by molar-refractivity contribution is 0.263. The van der Waals surface area contributed by atoms with Crippen LogP contribution in [0.3, 0.4) is 0 Å². The standard InChI is InChI=1S/C12H14O2/c1-9(2)10-3-5-11(6-4-10)13-7-12-8-14-12/h3-6,12H,1,7-8H2,2H3/t12-/m1/s1. The molecule has 14 heavy (non-hydrogen) atoms. The van der Waals surface area contributed by atoms with E-state index in [0.29, 0.717) is 12.7 Å². The minimum Gasteiger partial charge on any atom is -0.491 e. The molecule has 2 rings (SSSR count). The minimum absolute atomic E-state index is 0.316. The molecule has 2 heteroatoms. The molecule has 0 aromatic heterocycles. The van der Waals surface area contributed by atoms with Gasteiger partial charge in [0.2, 0.25) is 0 Å². The van der Waals surface area contributed by atoms with Crippen molar-refractivity contribution >= 4 is 5.57 Å². The van der Waals surface area contributed by atoms with Crippen molar-refractivity contribution in [3.8, 4) is 5.75 Å². The normalized spacial score (nSPS) is 19.1. The van der Waals surface area contributed by atoms with Crippen LogP contribution in [0, 0.1) is 0 Å². The first-order valence-electron chi connectivity index (χ1n) is 4.76. The van der Waals surface area contributed by atoms with Gasteiger partial charge in [-0.3, -0.25) is 0 Å². The third-order valence-electron chi connectivity index (χ3n) is 2.19. The van der Waals surface area contributed by atoms with Crippen molar-refractivity contribution in [1.82, 2.24) is 0 Å². The van der Waals surface area contributed by atoms with Crippen LogP contribution < -0.4 is 4.74 Å². The van der Waals surface area contributed by atoms with Crippen LogP contribution in [-0.2, 0) is 4.74 Å². The van der Waals surface area contributed by atoms with Crippen molar-refractivity contribution in [2.75, 3.05) is 13.2 Å². The highest BCUT2D eigenvalue weighted by Crippen LogP contribution is 2.18. The maximum Gasteiger partial charge on any atom is 0.119 e. The monoisotopic (exact) mass is 190 g/mol. The topological polar surface area (TPSA) is 21.8 Å². The summed E-state index contributed by atoms with van der Waals surface area (Å²) in [5.74, 6) is 0.894. The Labute approximate surface area is 84.2 Å². The highest BCUT2D eigenvalue weighted by molar-refractivity contribution is 5.61. The number of benzene rings is 1. The van der Waals surface area contributed by atoms with E-state index >= 15 is 0 Å². The van der Waals surface area contributed by atoms with E-state index in [1.165, 1.54) is 0 Å². The molecular formula is C12H14O2. The average Bonchev–Trinajstić information content (AvgIpc) is 2.99. The number of ether oxygens (including phenoxy) is 2. The van der Waals surface area contributed by atoms with Crippen molar-refractivity contribution in [1.29, 1.82) is 0 Å². The molecule has 1 aromatic carbocycles. The van der Waals surface area contributed by atoms with Crippen LogP contribution in [-0.4, -0.2) is 19.3 Å². The highest BCUT2D eigenvalue weighted by Gasteiger charge is 2.22. The lowest BCUT2D eigenvalue weighted by atomic mass is 10.1. The van der Waals surface area contributed by atoms with Gasteiger partial charge in [0.05, 0.1) is 6.61 Å². The second-order valence-corrected chi connectivity index (χ2v) is 3.57. The fourth-order valence-electron chi connectivity index (χ4n) is 1.19. The Balaban J connectivity index is 1.94. The molecule has 1 aromatic rings. The molecule has 0 radical (unpaired) electrons. The largest absolute Gasteiger partial charge is 0.491 e. The third kappa shape index (κ3) is 2.36. The van der Waals surface area contributed by atoms with E-state index in [9.17, 15) is 0 Å². The quantitative estimate of drug-likeness (QED) is 0.680. The molecule has 74 valence electrons. The van der Waals surface area contributed by atoms with Gasteiger partial charge in [-0.2, -0.15) is 0 Å². The molecule has 1 aliphatic heterocycles. The van der Waals surface area contributed by atoms with Crippen molar-refractivity contribution in [3.63, 3.8) is 0 Å². The average molecular weight is 190 g/mol. The Hall–Kier alpha value is -1.28. The van der Waals surface area contributed by atoms with Gasteiger partial charge in [0.1, 0.15) is 18.5 Å². The second kappa shape index (κ2) is 3.84. The summed E-state index contributed by atoms with van der Waals surface area (Å²) in [6.07, 6.45) is 0.316. The zero-order chi connectivity index (χ0) is 9.97. The van der Waals surface area contributed by atoms with Crippen molar-refractivity contribution < 1.29 is 9.47 Å². The van der Waals surface area contributed by atoms with Gasteiger partial charge in [-0.15, -0.1) is 0 Å². The molecular weight excluding hydrogens is 176 g/mol. The van der Waals surface area contributed by atoms with Gasteiger partial charge in [-0.05, 0) is 24.6 Å². The van der Waals surface area contributed by atoms with Crippen LogP contribution in [0.2, 0.25) is 0 Å². The number of hydrogen-bond acceptors (Lipinski definition) is 2. The van der Waals surface area contributed by atoms with Gasteiger partial charge < -0.3 is 9.47 Å². The van der Waals surface area contributed by atoms with Crippen LogP contribution in [0.25, 0.3) is 5.57 Å². The van der Waals surface area contributed by atoms with Crippen molar-refractivity contribution in [2.45, 2.75) is 13.0 Å². The first-order valence-corrected chi connectivity index (χ1v) is 4.76. The molecule has 0 unspecified atom stereocenters. The summed E-state index contributed by atoms with van der Waals surface area (Å²) < 4.78 is 10.6. The van der Waals surface area contributed by atoms with Crippen LogP contribution >= 0.6 is 0 Å². The maximum absolute atomic E-state index is 5.51. The molecule has 1 aliphatic rings. The fourth-order valence-corrected chi connectivity index (χ4v) is 1.19. The van der Waals surface area contributed by atoms with Gasteiger partial charge in [0.15, 0.2) is 0 Å². The highest BCUT2D eigenvalue weighted by atomic mass is 16.6. The zero-order valence-corrected chi connectivity index (χ0v) is 8.32. The maximum atomic E-state index is 5.51. The van der Waals surface area contributed by atoms with E-state index in [4.69, 9.17) is 9.47 Å². The predicted octanol–water partition coefficient (Wildman–Crippen LogP) is 2.50. The van der Waals surface area contributed by atoms with Gasteiger partial charge in [-0.25, -0.2) is 0 Å². The Morgan fingerprint density at radius 3 is 2.64 bits per heavy atom. The number of epoxide rings is 1. The molecule has 2 nitrogen and oxygen atoms in total. The van der Waals surface area contributed by atoms with Gasteiger partial charge in [0, 0.05) is 0 Å². The summed E-state index contributed by atoms with van der Waals surface area (Å²) in [6.45, 7) is 7.37. The zero-order valence-electron chi connectivity index (χ0n) is 8.32. The van der Waals surface area contributed by atoms with E-state index in [0.717, 1.165) is 23.5 Å². The number of hydrogen-bond donors (Lipinski definition) is 0. The second-order valence-electron chi connectivity index (χ2n) is 3.57. The molecule has 0 amide bonds. The van der Waals surface area contributed by atoms with Gasteiger partial charge in [-0.1, -0.05) is 24.3 Å². The Morgan fingerprint density at radius 2 is 2.14 bits per heavy atom. The summed E-state index contributed by atoms with van der Waals surface area (Å²) in [5, 5.41) is 0. The predicted molar refractivity (Wildman–Crippen MR) is 56.4 cm³/mol. The van der Waals surface area contributed by atoms with E-state index in [2.05, 4.69) is 6.58 Å². The molecule has 0 saturated carbocycles. The lowest BCUT2D eigenvalue weighted by Gasteiger charge is -2.05. The summed E-state index contributed by atoms with van der Waals surface area (Å²) in [5.41, 5.74) is 2.22. The number of rotatable bonds is 4. The molecule has 0 spiro atoms. The summed E-state index contributed by atoms with van der Waals surface area (Å²) in [4.78, 5) is 0. The SMILES string of the molecule is C=C(C)c1ccc(OC[C@@H]2CO2)cc1. The Morgan fingerprint density at radius 1 is 1.50 bits per heavy atom. The first kappa shape index (κ1) is 9.28. The lowest BCUT2D eigenvalue weighted by Crippen LogP contribution is -2.03. The minimum atomic E-state index is 0.316. The van der Waals surface area contributed by atoms with E-state index in [1.807, 2.05) is 31.2 Å². The van der Waals surface area contributed by atoms with E-state index in [1.54, 1.807) is 0 Å². The van der Waals surface area contributed by atoms with Crippen LogP contribution in [0.5, 0.6) is 5.75 Å². The first-order chi connectivity index (χ1) is 6.75. The summed E-state index contributed by atoms with van der Waals surface area (Å²) >= 11 is 0. The third-order valence-corrected chi connectivity index (χ3v) is 2.19.